The first-order valence-electron chi connectivity index (χ1n) is 6.46. The first kappa shape index (κ1) is 13.5. The van der Waals surface area contributed by atoms with E-state index in [1.54, 1.807) is 6.92 Å². The molecule has 2 aromatic heterocycles. The van der Waals surface area contributed by atoms with Crippen LogP contribution < -0.4 is 10.4 Å². The van der Waals surface area contributed by atoms with Gasteiger partial charge < -0.3 is 14.8 Å². The first-order valence-corrected chi connectivity index (χ1v) is 7.28. The molecule has 0 aromatic carbocycles. The minimum atomic E-state index is -0.602. The molecule has 108 valence electrons. The number of aromatic nitrogens is 3. The van der Waals surface area contributed by atoms with Crippen molar-refractivity contribution in [2.45, 2.75) is 45.1 Å². The Balaban J connectivity index is 2.15. The van der Waals surface area contributed by atoms with E-state index in [1.807, 2.05) is 6.92 Å². The number of aromatic amines is 1. The zero-order valence-corrected chi connectivity index (χ0v) is 11.9. The third-order valence-electron chi connectivity index (χ3n) is 3.49. The van der Waals surface area contributed by atoms with Crippen LogP contribution in [0.1, 0.15) is 31.8 Å². The second kappa shape index (κ2) is 4.80. The number of H-pyrrole nitrogens is 1. The summed E-state index contributed by atoms with van der Waals surface area (Å²) in [4.78, 5) is 30.5. The van der Waals surface area contributed by atoms with E-state index >= 15 is 0 Å². The Kier molecular flexibility index (Phi) is 3.23. The van der Waals surface area contributed by atoms with Crippen LogP contribution in [0.4, 0.5) is 0 Å². The molecule has 1 unspecified atom stereocenters. The van der Waals surface area contributed by atoms with Crippen LogP contribution in [-0.4, -0.2) is 31.8 Å². The normalized spacial score (nSPS) is 26.4. The van der Waals surface area contributed by atoms with Crippen molar-refractivity contribution in [2.75, 3.05) is 0 Å². The minimum Gasteiger partial charge on any atom is -0.390 e. The largest absolute Gasteiger partial charge is 0.390 e. The summed E-state index contributed by atoms with van der Waals surface area (Å²) >= 11 is 0.851. The lowest BCUT2D eigenvalue weighted by atomic mass is 10.1. The molecular formula is C12H15N3O4S. The summed E-state index contributed by atoms with van der Waals surface area (Å²) in [6.45, 7) is 3.57. The summed E-state index contributed by atoms with van der Waals surface area (Å²) in [7, 11) is 0. The number of aliphatic hydroxyl groups excluding tert-OH is 1. The van der Waals surface area contributed by atoms with E-state index in [0.29, 0.717) is 29.0 Å². The highest BCUT2D eigenvalue weighted by molar-refractivity contribution is 7.16. The molecule has 0 aliphatic carbocycles. The minimum absolute atomic E-state index is 0.287. The molecule has 1 aliphatic rings. The van der Waals surface area contributed by atoms with Gasteiger partial charge in [-0.05, 0) is 13.3 Å². The highest BCUT2D eigenvalue weighted by Crippen LogP contribution is 2.31. The molecule has 1 aliphatic heterocycles. The predicted molar refractivity (Wildman–Crippen MR) is 74.1 cm³/mol. The van der Waals surface area contributed by atoms with E-state index in [4.69, 9.17) is 4.74 Å². The first-order chi connectivity index (χ1) is 9.51. The molecule has 2 aromatic rings. The Morgan fingerprint density at radius 3 is 2.95 bits per heavy atom. The van der Waals surface area contributed by atoms with Gasteiger partial charge in [0.2, 0.25) is 0 Å². The summed E-state index contributed by atoms with van der Waals surface area (Å²) in [5.74, 6) is 0.444. The molecule has 3 atom stereocenters. The van der Waals surface area contributed by atoms with E-state index in [1.165, 1.54) is 4.57 Å². The molecule has 3 rings (SSSR count). The third kappa shape index (κ3) is 2.00. The number of hydrogen-bond donors (Lipinski definition) is 2. The number of thiazole rings is 1. The number of fused-ring (bicyclic) bond motifs is 1. The average molecular weight is 297 g/mol. The van der Waals surface area contributed by atoms with E-state index in [2.05, 4.69) is 9.97 Å². The predicted octanol–water partition coefficient (Wildman–Crippen LogP) is 0.513. The van der Waals surface area contributed by atoms with Crippen LogP contribution in [0.15, 0.2) is 9.59 Å². The lowest BCUT2D eigenvalue weighted by Crippen LogP contribution is -2.21. The Labute approximate surface area is 117 Å². The van der Waals surface area contributed by atoms with Crippen LogP contribution in [0, 0.1) is 6.92 Å². The standard InChI is InChI=1S/C12H15N3O4S/c1-3-7-6(16)4-8(19-7)15-10-9(20-12(15)18)11(17)14-5(2)13-10/h6-8,16H,3-4H2,1-2H3,(H,13,14,17)/t6-,7+,8?/m0/s1. The zero-order valence-electron chi connectivity index (χ0n) is 11.1. The Morgan fingerprint density at radius 1 is 1.55 bits per heavy atom. The number of aliphatic hydroxyl groups is 1. The second-order valence-electron chi connectivity index (χ2n) is 4.88. The monoisotopic (exact) mass is 297 g/mol. The summed E-state index contributed by atoms with van der Waals surface area (Å²) < 4.78 is 7.37. The lowest BCUT2D eigenvalue weighted by molar-refractivity contribution is -0.0189. The van der Waals surface area contributed by atoms with Crippen molar-refractivity contribution in [3.8, 4) is 0 Å². The van der Waals surface area contributed by atoms with Crippen molar-refractivity contribution in [3.63, 3.8) is 0 Å². The molecule has 3 heterocycles. The van der Waals surface area contributed by atoms with Crippen molar-refractivity contribution >= 4 is 21.7 Å². The fourth-order valence-corrected chi connectivity index (χ4v) is 3.39. The highest BCUT2D eigenvalue weighted by atomic mass is 32.1. The van der Waals surface area contributed by atoms with Gasteiger partial charge in [0.05, 0.1) is 12.2 Å². The number of hydrogen-bond acceptors (Lipinski definition) is 6. The molecule has 8 heteroatoms. The SMILES string of the molecule is CC[C@H]1OC(n2c(=O)sc3c(=O)[nH]c(C)nc32)C[C@@H]1O. The molecule has 0 spiro atoms. The van der Waals surface area contributed by atoms with Gasteiger partial charge in [0.15, 0.2) is 5.65 Å². The molecule has 1 fully saturated rings. The van der Waals surface area contributed by atoms with Gasteiger partial charge in [0.25, 0.3) is 5.56 Å². The van der Waals surface area contributed by atoms with Crippen molar-refractivity contribution in [1.29, 1.82) is 0 Å². The number of rotatable bonds is 2. The van der Waals surface area contributed by atoms with Gasteiger partial charge >= 0.3 is 4.87 Å². The number of nitrogens with one attached hydrogen (secondary N) is 1. The van der Waals surface area contributed by atoms with E-state index in [0.717, 1.165) is 11.3 Å². The molecule has 0 bridgehead atoms. The van der Waals surface area contributed by atoms with Gasteiger partial charge in [0.1, 0.15) is 16.8 Å². The Bertz CT molecular complexity index is 762. The Morgan fingerprint density at radius 2 is 2.30 bits per heavy atom. The molecule has 7 nitrogen and oxygen atoms in total. The van der Waals surface area contributed by atoms with Gasteiger partial charge in [-0.2, -0.15) is 0 Å². The third-order valence-corrected chi connectivity index (χ3v) is 4.43. The number of ether oxygens (including phenoxy) is 1. The average Bonchev–Trinajstić information content (AvgIpc) is 2.89. The van der Waals surface area contributed by atoms with Gasteiger partial charge in [-0.25, -0.2) is 4.98 Å². The van der Waals surface area contributed by atoms with E-state index in [9.17, 15) is 14.7 Å². The number of aryl methyl sites for hydroxylation is 1. The molecule has 0 amide bonds. The molecule has 2 N–H and O–H groups in total. The van der Waals surface area contributed by atoms with Crippen LogP contribution >= 0.6 is 11.3 Å². The quantitative estimate of drug-likeness (QED) is 0.842. The maximum absolute atomic E-state index is 12.1. The van der Waals surface area contributed by atoms with Crippen LogP contribution in [0.25, 0.3) is 10.3 Å². The number of nitrogens with zero attached hydrogens (tertiary/aromatic N) is 2. The Hall–Kier alpha value is -1.51. The van der Waals surface area contributed by atoms with E-state index < -0.39 is 12.3 Å². The fraction of sp³-hybridized carbons (Fsp3) is 0.583. The second-order valence-corrected chi connectivity index (χ2v) is 5.84. The van der Waals surface area contributed by atoms with Crippen molar-refractivity contribution in [1.82, 2.24) is 14.5 Å². The molecular weight excluding hydrogens is 282 g/mol. The van der Waals surface area contributed by atoms with Crippen LogP contribution in [0.3, 0.4) is 0 Å². The summed E-state index contributed by atoms with van der Waals surface area (Å²) in [5, 5.41) is 9.91. The smallest absolute Gasteiger partial charge is 0.311 e. The van der Waals surface area contributed by atoms with Gasteiger partial charge in [-0.15, -0.1) is 0 Å². The molecule has 0 saturated carbocycles. The van der Waals surface area contributed by atoms with Gasteiger partial charge in [0, 0.05) is 6.42 Å². The summed E-state index contributed by atoms with van der Waals surface area (Å²) in [6, 6.07) is 0. The molecule has 20 heavy (non-hydrogen) atoms. The lowest BCUT2D eigenvalue weighted by Gasteiger charge is -2.13. The van der Waals surface area contributed by atoms with Crippen LogP contribution in [0.5, 0.6) is 0 Å². The van der Waals surface area contributed by atoms with Gasteiger partial charge in [-0.1, -0.05) is 18.3 Å². The molecule has 0 radical (unpaired) electrons. The van der Waals surface area contributed by atoms with Crippen molar-refractivity contribution < 1.29 is 9.84 Å². The zero-order chi connectivity index (χ0) is 14.4. The fourth-order valence-electron chi connectivity index (χ4n) is 2.53. The van der Waals surface area contributed by atoms with Gasteiger partial charge in [-0.3, -0.25) is 14.2 Å². The maximum Gasteiger partial charge on any atom is 0.311 e. The molecule has 1 saturated heterocycles. The topological polar surface area (TPSA) is 97.2 Å². The summed E-state index contributed by atoms with van der Waals surface area (Å²) in [6.07, 6.45) is -0.455. The summed E-state index contributed by atoms with van der Waals surface area (Å²) in [5.41, 5.74) is 0.00846. The van der Waals surface area contributed by atoms with Crippen LogP contribution in [-0.2, 0) is 4.74 Å². The van der Waals surface area contributed by atoms with E-state index in [-0.39, 0.29) is 16.5 Å². The highest BCUT2D eigenvalue weighted by Gasteiger charge is 2.35. The maximum atomic E-state index is 12.1. The van der Waals surface area contributed by atoms with Crippen molar-refractivity contribution in [2.24, 2.45) is 0 Å². The van der Waals surface area contributed by atoms with Crippen molar-refractivity contribution in [3.05, 3.63) is 25.8 Å². The van der Waals surface area contributed by atoms with Crippen LogP contribution in [0.2, 0.25) is 0 Å².